The Morgan fingerprint density at radius 3 is 1.47 bits per heavy atom. The minimum atomic E-state index is -0.598. The molecular formula is C73H47N3. The van der Waals surface area contributed by atoms with Gasteiger partial charge in [0.2, 0.25) is 0 Å². The van der Waals surface area contributed by atoms with Gasteiger partial charge in [-0.05, 0) is 128 Å². The van der Waals surface area contributed by atoms with Gasteiger partial charge in [-0.15, -0.1) is 0 Å². The van der Waals surface area contributed by atoms with Crippen LogP contribution in [0.15, 0.2) is 285 Å². The van der Waals surface area contributed by atoms with Gasteiger partial charge >= 0.3 is 0 Å². The van der Waals surface area contributed by atoms with Crippen molar-refractivity contribution in [1.82, 2.24) is 9.13 Å². The molecule has 3 nitrogen and oxygen atoms in total. The fraction of sp³-hybridized carbons (Fsp3) is 0.0137. The van der Waals surface area contributed by atoms with Crippen LogP contribution in [0.5, 0.6) is 0 Å². The minimum absolute atomic E-state index is 0.598. The molecule has 2 aromatic heterocycles. The zero-order chi connectivity index (χ0) is 49.9. The van der Waals surface area contributed by atoms with Crippen LogP contribution >= 0.6 is 0 Å². The van der Waals surface area contributed by atoms with Crippen molar-refractivity contribution in [2.24, 2.45) is 0 Å². The molecule has 0 saturated heterocycles. The van der Waals surface area contributed by atoms with Crippen molar-refractivity contribution in [1.29, 1.82) is 0 Å². The first-order chi connectivity index (χ1) is 37.7. The van der Waals surface area contributed by atoms with E-state index in [-0.39, 0.29) is 0 Å². The summed E-state index contributed by atoms with van der Waals surface area (Å²) in [6.45, 7) is 0. The Morgan fingerprint density at radius 1 is 0.276 bits per heavy atom. The van der Waals surface area contributed by atoms with Crippen molar-refractivity contribution in [3.63, 3.8) is 0 Å². The van der Waals surface area contributed by atoms with Crippen LogP contribution in [0.2, 0.25) is 0 Å². The molecule has 76 heavy (non-hydrogen) atoms. The van der Waals surface area contributed by atoms with Crippen molar-refractivity contribution in [2.75, 3.05) is 4.90 Å². The number of anilines is 3. The number of aromatic nitrogens is 2. The smallest absolute Gasteiger partial charge is 0.0755 e. The van der Waals surface area contributed by atoms with E-state index < -0.39 is 5.41 Å². The first-order valence-corrected chi connectivity index (χ1v) is 26.3. The van der Waals surface area contributed by atoms with Crippen LogP contribution in [0.3, 0.4) is 0 Å². The van der Waals surface area contributed by atoms with Crippen LogP contribution in [0.4, 0.5) is 17.1 Å². The van der Waals surface area contributed by atoms with Gasteiger partial charge in [0, 0.05) is 44.2 Å². The molecular weight excluding hydrogens is 919 g/mol. The van der Waals surface area contributed by atoms with Crippen molar-refractivity contribution in [2.45, 2.75) is 5.41 Å². The molecule has 0 saturated carbocycles. The molecule has 16 rings (SSSR count). The summed E-state index contributed by atoms with van der Waals surface area (Å²) < 4.78 is 4.95. The average molecular weight is 966 g/mol. The van der Waals surface area contributed by atoms with E-state index >= 15 is 0 Å². The van der Waals surface area contributed by atoms with Crippen LogP contribution in [0.25, 0.3) is 99.5 Å². The molecule has 354 valence electrons. The highest BCUT2D eigenvalue weighted by Gasteiger charge is 2.51. The number of fused-ring (bicyclic) bond motifs is 15. The third kappa shape index (κ3) is 5.99. The lowest BCUT2D eigenvalue weighted by Crippen LogP contribution is -2.33. The molecule has 0 N–H and O–H groups in total. The summed E-state index contributed by atoms with van der Waals surface area (Å²) in [5.41, 5.74) is 24.6. The molecule has 0 atom stereocenters. The van der Waals surface area contributed by atoms with Crippen LogP contribution in [0.1, 0.15) is 22.3 Å². The van der Waals surface area contributed by atoms with Gasteiger partial charge < -0.3 is 14.0 Å². The summed E-state index contributed by atoms with van der Waals surface area (Å²) in [6.07, 6.45) is 0. The van der Waals surface area contributed by atoms with Gasteiger partial charge in [0.05, 0.1) is 38.9 Å². The number of hydrogen-bond acceptors (Lipinski definition) is 1. The van der Waals surface area contributed by atoms with Crippen LogP contribution in [-0.4, -0.2) is 9.13 Å². The molecule has 0 radical (unpaired) electrons. The topological polar surface area (TPSA) is 13.1 Å². The maximum Gasteiger partial charge on any atom is 0.0755 e. The number of benzene rings is 12. The molecule has 12 aromatic carbocycles. The summed E-state index contributed by atoms with van der Waals surface area (Å²) in [6, 6.07) is 106. The van der Waals surface area contributed by atoms with Gasteiger partial charge in [0.15, 0.2) is 0 Å². The van der Waals surface area contributed by atoms with Crippen LogP contribution in [0, 0.1) is 0 Å². The van der Waals surface area contributed by atoms with E-state index in [1.807, 2.05) is 0 Å². The molecule has 0 amide bonds. The fourth-order valence-corrected chi connectivity index (χ4v) is 13.4. The quantitative estimate of drug-likeness (QED) is 0.155. The van der Waals surface area contributed by atoms with Crippen LogP contribution < -0.4 is 4.90 Å². The highest BCUT2D eigenvalue weighted by Crippen LogP contribution is 2.62. The van der Waals surface area contributed by atoms with Gasteiger partial charge in [0.25, 0.3) is 0 Å². The molecule has 0 fully saturated rings. The van der Waals surface area contributed by atoms with Gasteiger partial charge in [-0.25, -0.2) is 0 Å². The van der Waals surface area contributed by atoms with Crippen molar-refractivity contribution in [3.05, 3.63) is 307 Å². The SMILES string of the molecule is c1ccc(-c2ccccc2-c2ccccc2N(c2ccc(-c3cccc(-n4c5ccccc5c5ccccc54)c3)cc2)c2ccc3c(c2)C2(c4ccccc4-c4ccccc42)c2cccc4c5ccccc5n-3c24)cc1. The number of hydrogen-bond donors (Lipinski definition) is 0. The number of para-hydroxylation sites is 5. The zero-order valence-corrected chi connectivity index (χ0v) is 41.5. The van der Waals surface area contributed by atoms with E-state index in [4.69, 9.17) is 0 Å². The molecule has 0 unspecified atom stereocenters. The molecule has 2 aliphatic rings. The Balaban J connectivity index is 0.933. The van der Waals surface area contributed by atoms with Gasteiger partial charge in [-0.1, -0.05) is 218 Å². The Labute approximate surface area is 441 Å². The predicted molar refractivity (Wildman–Crippen MR) is 317 cm³/mol. The maximum atomic E-state index is 2.55. The Kier molecular flexibility index (Phi) is 9.25. The Bertz CT molecular complexity index is 4550. The van der Waals surface area contributed by atoms with Crippen LogP contribution in [-0.2, 0) is 5.41 Å². The summed E-state index contributed by atoms with van der Waals surface area (Å²) in [7, 11) is 0. The molecule has 14 aromatic rings. The number of nitrogens with zero attached hydrogens (tertiary/aromatic N) is 3. The lowest BCUT2D eigenvalue weighted by Gasteiger charge is -2.40. The highest BCUT2D eigenvalue weighted by molar-refractivity contribution is 6.13. The fourth-order valence-electron chi connectivity index (χ4n) is 13.4. The largest absolute Gasteiger partial charge is 0.310 e. The Hall–Kier alpha value is -9.96. The lowest BCUT2D eigenvalue weighted by molar-refractivity contribution is 0.748. The van der Waals surface area contributed by atoms with E-state index in [0.717, 1.165) is 39.4 Å². The summed E-state index contributed by atoms with van der Waals surface area (Å²) in [5, 5.41) is 5.05. The molecule has 3 heteroatoms. The summed E-state index contributed by atoms with van der Waals surface area (Å²) >= 11 is 0. The Morgan fingerprint density at radius 2 is 0.776 bits per heavy atom. The summed E-state index contributed by atoms with van der Waals surface area (Å²) in [5.74, 6) is 0. The van der Waals surface area contributed by atoms with Crippen molar-refractivity contribution in [3.8, 4) is 55.9 Å². The van der Waals surface area contributed by atoms with E-state index in [9.17, 15) is 0 Å². The summed E-state index contributed by atoms with van der Waals surface area (Å²) in [4.78, 5) is 2.50. The number of rotatable bonds is 7. The van der Waals surface area contributed by atoms with Crippen molar-refractivity contribution >= 4 is 60.7 Å². The van der Waals surface area contributed by atoms with E-state index in [1.165, 1.54) is 99.4 Å². The second kappa shape index (κ2) is 16.5. The average Bonchev–Trinajstić information content (AvgIpc) is 3.90. The molecule has 1 spiro atoms. The van der Waals surface area contributed by atoms with E-state index in [2.05, 4.69) is 299 Å². The first kappa shape index (κ1) is 42.5. The third-order valence-corrected chi connectivity index (χ3v) is 16.5. The van der Waals surface area contributed by atoms with E-state index in [0.29, 0.717) is 0 Å². The first-order valence-electron chi connectivity index (χ1n) is 26.3. The zero-order valence-electron chi connectivity index (χ0n) is 41.5. The van der Waals surface area contributed by atoms with Gasteiger partial charge in [-0.2, -0.15) is 0 Å². The van der Waals surface area contributed by atoms with Gasteiger partial charge in [0.1, 0.15) is 0 Å². The standard InChI is InChI=1S/C73H47N3/c1-2-20-49(21-3-1)54-24-4-5-25-55(54)58-28-8-14-36-67(58)74(51-42-40-48(41-43-51)50-22-18-23-52(46-50)75-68-37-15-9-29-59(68)60-30-10-16-38-69(60)75)53-44-45-71-66(47-53)73(63-33-12-6-26-56(63)57-27-7-13-34-64(57)73)65-35-19-32-62-61-31-11-17-39-70(61)76(71)72(62)65/h1-47H. The predicted octanol–water partition coefficient (Wildman–Crippen LogP) is 19.0. The molecule has 3 heterocycles. The third-order valence-electron chi connectivity index (χ3n) is 16.5. The maximum absolute atomic E-state index is 2.55. The van der Waals surface area contributed by atoms with Gasteiger partial charge in [-0.3, -0.25) is 0 Å². The highest BCUT2D eigenvalue weighted by atomic mass is 15.1. The molecule has 1 aliphatic carbocycles. The molecule has 0 bridgehead atoms. The molecule has 1 aliphatic heterocycles. The van der Waals surface area contributed by atoms with E-state index in [1.54, 1.807) is 0 Å². The monoisotopic (exact) mass is 965 g/mol. The normalized spacial score (nSPS) is 12.8. The second-order valence-electron chi connectivity index (χ2n) is 20.3. The van der Waals surface area contributed by atoms with Crippen molar-refractivity contribution < 1.29 is 0 Å². The lowest BCUT2D eigenvalue weighted by atomic mass is 9.65. The minimum Gasteiger partial charge on any atom is -0.310 e. The second-order valence-corrected chi connectivity index (χ2v) is 20.3.